The molecule has 3 amide bonds. The Bertz CT molecular complexity index is 880. The van der Waals surface area contributed by atoms with Gasteiger partial charge in [0, 0.05) is 37.2 Å². The molecule has 4 aliphatic heterocycles. The Morgan fingerprint density at radius 2 is 1.87 bits per heavy atom. The van der Waals surface area contributed by atoms with Gasteiger partial charge in [0.05, 0.1) is 0 Å². The van der Waals surface area contributed by atoms with Crippen LogP contribution in [0.25, 0.3) is 0 Å². The number of carbonyl (C=O) groups excluding carboxylic acids is 3. The van der Waals surface area contributed by atoms with E-state index in [0.717, 1.165) is 25.2 Å². The first-order valence-corrected chi connectivity index (χ1v) is 11.8. The summed E-state index contributed by atoms with van der Waals surface area (Å²) in [7, 11) is 0. The highest BCUT2D eigenvalue weighted by Crippen LogP contribution is 2.32. The monoisotopic (exact) mass is 424 g/mol. The SMILES string of the molecule is O=C1CCC(N2Cc3c(CN4CCCCC4C4CCCCN4)cccc3C2=O)C(=O)N1. The molecule has 3 atom stereocenters. The first-order valence-electron chi connectivity index (χ1n) is 11.8. The zero-order chi connectivity index (χ0) is 21.4. The van der Waals surface area contributed by atoms with Crippen molar-refractivity contribution in [1.82, 2.24) is 20.4 Å². The second kappa shape index (κ2) is 8.71. The van der Waals surface area contributed by atoms with E-state index < -0.39 is 6.04 Å². The van der Waals surface area contributed by atoms with E-state index in [2.05, 4.69) is 21.6 Å². The van der Waals surface area contributed by atoms with Crippen molar-refractivity contribution >= 4 is 17.7 Å². The number of piperidine rings is 3. The fourth-order valence-electron chi connectivity index (χ4n) is 5.89. The minimum Gasteiger partial charge on any atom is -0.322 e. The second-order valence-electron chi connectivity index (χ2n) is 9.43. The van der Waals surface area contributed by atoms with E-state index in [-0.39, 0.29) is 24.1 Å². The molecule has 4 aliphatic rings. The van der Waals surface area contributed by atoms with Gasteiger partial charge in [-0.05, 0) is 62.4 Å². The standard InChI is InChI=1S/C24H32N4O3/c29-22-11-10-21(23(30)26-22)28-15-18-16(6-5-7-17(18)24(28)31)14-27-13-4-2-9-20(27)19-8-1-3-12-25-19/h5-7,19-21,25H,1-4,8-15H2,(H,26,29,30). The van der Waals surface area contributed by atoms with Crippen molar-refractivity contribution in [3.63, 3.8) is 0 Å². The third-order valence-corrected chi connectivity index (χ3v) is 7.53. The van der Waals surface area contributed by atoms with E-state index in [1.54, 1.807) is 4.90 Å². The van der Waals surface area contributed by atoms with Gasteiger partial charge in [-0.3, -0.25) is 24.6 Å². The van der Waals surface area contributed by atoms with E-state index >= 15 is 0 Å². The number of nitrogens with one attached hydrogen (secondary N) is 2. The van der Waals surface area contributed by atoms with Crippen molar-refractivity contribution in [1.29, 1.82) is 0 Å². The van der Waals surface area contributed by atoms with Crippen molar-refractivity contribution < 1.29 is 14.4 Å². The van der Waals surface area contributed by atoms with Gasteiger partial charge in [0.2, 0.25) is 11.8 Å². The lowest BCUT2D eigenvalue weighted by molar-refractivity contribution is -0.136. The lowest BCUT2D eigenvalue weighted by Gasteiger charge is -2.42. The summed E-state index contributed by atoms with van der Waals surface area (Å²) in [5.74, 6) is -0.688. The maximum absolute atomic E-state index is 13.1. The number of benzene rings is 1. The second-order valence-corrected chi connectivity index (χ2v) is 9.43. The van der Waals surface area contributed by atoms with Gasteiger partial charge in [0.25, 0.3) is 5.91 Å². The van der Waals surface area contributed by atoms with Crippen molar-refractivity contribution in [3.05, 3.63) is 34.9 Å². The van der Waals surface area contributed by atoms with Gasteiger partial charge in [-0.2, -0.15) is 0 Å². The largest absolute Gasteiger partial charge is 0.322 e. The van der Waals surface area contributed by atoms with Crippen molar-refractivity contribution in [2.24, 2.45) is 0 Å². The van der Waals surface area contributed by atoms with Gasteiger partial charge < -0.3 is 10.2 Å². The van der Waals surface area contributed by atoms with Crippen LogP contribution >= 0.6 is 0 Å². The summed E-state index contributed by atoms with van der Waals surface area (Å²) in [5.41, 5.74) is 2.97. The average molecular weight is 425 g/mol. The van der Waals surface area contributed by atoms with Crippen LogP contribution in [0, 0.1) is 0 Å². The molecule has 31 heavy (non-hydrogen) atoms. The third kappa shape index (κ3) is 4.01. The third-order valence-electron chi connectivity index (χ3n) is 7.53. The lowest BCUT2D eigenvalue weighted by Crippen LogP contribution is -2.53. The number of carbonyl (C=O) groups is 3. The number of hydrogen-bond donors (Lipinski definition) is 2. The molecule has 7 heteroatoms. The van der Waals surface area contributed by atoms with Crippen LogP contribution in [-0.4, -0.2) is 58.7 Å². The summed E-state index contributed by atoms with van der Waals surface area (Å²) in [6, 6.07) is 6.54. The molecule has 3 unspecified atom stereocenters. The summed E-state index contributed by atoms with van der Waals surface area (Å²) >= 11 is 0. The van der Waals surface area contributed by atoms with Gasteiger partial charge in [-0.1, -0.05) is 25.0 Å². The molecule has 1 aromatic carbocycles. The normalized spacial score (nSPS) is 29.7. The Morgan fingerprint density at radius 3 is 2.68 bits per heavy atom. The van der Waals surface area contributed by atoms with Crippen molar-refractivity contribution in [2.75, 3.05) is 13.1 Å². The quantitative estimate of drug-likeness (QED) is 0.722. The molecule has 0 spiro atoms. The van der Waals surface area contributed by atoms with Gasteiger partial charge in [0.15, 0.2) is 0 Å². The maximum Gasteiger partial charge on any atom is 0.255 e. The summed E-state index contributed by atoms with van der Waals surface area (Å²) in [4.78, 5) is 41.3. The molecule has 2 N–H and O–H groups in total. The highest BCUT2D eigenvalue weighted by molar-refractivity contribution is 6.05. The maximum atomic E-state index is 13.1. The Kier molecular flexibility index (Phi) is 5.80. The van der Waals surface area contributed by atoms with Gasteiger partial charge in [0.1, 0.15) is 6.04 Å². The number of hydrogen-bond acceptors (Lipinski definition) is 5. The first kappa shape index (κ1) is 20.6. The molecule has 5 rings (SSSR count). The van der Waals surface area contributed by atoms with E-state index in [1.165, 1.54) is 44.1 Å². The summed E-state index contributed by atoms with van der Waals surface area (Å²) < 4.78 is 0. The number of nitrogens with zero attached hydrogens (tertiary/aromatic N) is 2. The molecule has 166 valence electrons. The number of likely N-dealkylation sites (tertiary alicyclic amines) is 1. The zero-order valence-corrected chi connectivity index (χ0v) is 18.1. The van der Waals surface area contributed by atoms with Crippen LogP contribution in [0.15, 0.2) is 18.2 Å². The minimum atomic E-state index is -0.556. The lowest BCUT2D eigenvalue weighted by atomic mass is 9.89. The van der Waals surface area contributed by atoms with Gasteiger partial charge in [-0.15, -0.1) is 0 Å². The molecular formula is C24H32N4O3. The Labute approximate surface area is 183 Å². The predicted octanol–water partition coefficient (Wildman–Crippen LogP) is 1.94. The number of amides is 3. The highest BCUT2D eigenvalue weighted by atomic mass is 16.2. The minimum absolute atomic E-state index is 0.0875. The molecule has 0 radical (unpaired) electrons. The van der Waals surface area contributed by atoms with E-state index in [4.69, 9.17) is 0 Å². The average Bonchev–Trinajstić information content (AvgIpc) is 3.12. The molecule has 0 bridgehead atoms. The number of fused-ring (bicyclic) bond motifs is 1. The van der Waals surface area contributed by atoms with Crippen LogP contribution in [0.3, 0.4) is 0 Å². The molecule has 3 saturated heterocycles. The summed E-state index contributed by atoms with van der Waals surface area (Å²) in [6.45, 7) is 3.52. The highest BCUT2D eigenvalue weighted by Gasteiger charge is 2.40. The van der Waals surface area contributed by atoms with Crippen LogP contribution in [0.5, 0.6) is 0 Å². The molecule has 7 nitrogen and oxygen atoms in total. The summed E-state index contributed by atoms with van der Waals surface area (Å²) in [6.07, 6.45) is 8.25. The summed E-state index contributed by atoms with van der Waals surface area (Å²) in [5, 5.41) is 6.14. The van der Waals surface area contributed by atoms with Crippen LogP contribution in [0.4, 0.5) is 0 Å². The number of rotatable bonds is 4. The van der Waals surface area contributed by atoms with E-state index in [1.807, 2.05) is 12.1 Å². The topological polar surface area (TPSA) is 81.8 Å². The van der Waals surface area contributed by atoms with Crippen LogP contribution < -0.4 is 10.6 Å². The smallest absolute Gasteiger partial charge is 0.255 e. The predicted molar refractivity (Wildman–Crippen MR) is 116 cm³/mol. The number of imide groups is 1. The van der Waals surface area contributed by atoms with Crippen molar-refractivity contribution in [2.45, 2.75) is 82.6 Å². The molecular weight excluding hydrogens is 392 g/mol. The fraction of sp³-hybridized carbons (Fsp3) is 0.625. The van der Waals surface area contributed by atoms with Crippen LogP contribution in [0.1, 0.15) is 72.9 Å². The van der Waals surface area contributed by atoms with Gasteiger partial charge >= 0.3 is 0 Å². The van der Waals surface area contributed by atoms with E-state index in [0.29, 0.717) is 30.6 Å². The molecule has 1 aromatic rings. The van der Waals surface area contributed by atoms with Gasteiger partial charge in [-0.25, -0.2) is 0 Å². The van der Waals surface area contributed by atoms with Crippen LogP contribution in [-0.2, 0) is 22.7 Å². The van der Waals surface area contributed by atoms with E-state index in [9.17, 15) is 14.4 Å². The molecule has 0 aromatic heterocycles. The molecule has 0 saturated carbocycles. The molecule has 3 fully saturated rings. The van der Waals surface area contributed by atoms with Crippen LogP contribution in [0.2, 0.25) is 0 Å². The fourth-order valence-corrected chi connectivity index (χ4v) is 5.89. The zero-order valence-electron chi connectivity index (χ0n) is 18.1. The molecule has 4 heterocycles. The Balaban J connectivity index is 1.35. The molecule has 0 aliphatic carbocycles. The van der Waals surface area contributed by atoms with Crippen molar-refractivity contribution in [3.8, 4) is 0 Å². The first-order chi connectivity index (χ1) is 15.1. The Hall–Kier alpha value is -2.25. The Morgan fingerprint density at radius 1 is 1.00 bits per heavy atom.